The van der Waals surface area contributed by atoms with Crippen LogP contribution in [0.15, 0.2) is 85.1 Å². The second-order valence-electron chi connectivity index (χ2n) is 8.50. The van der Waals surface area contributed by atoms with Crippen molar-refractivity contribution in [1.29, 1.82) is 0 Å². The molecule has 4 nitrogen and oxygen atoms in total. The third kappa shape index (κ3) is 5.01. The van der Waals surface area contributed by atoms with E-state index in [9.17, 15) is 9.90 Å². The van der Waals surface area contributed by atoms with Gasteiger partial charge in [0.15, 0.2) is 0 Å². The lowest BCUT2D eigenvalue weighted by molar-refractivity contribution is 0.0697. The van der Waals surface area contributed by atoms with Crippen molar-refractivity contribution in [3.8, 4) is 16.9 Å². The lowest BCUT2D eigenvalue weighted by Gasteiger charge is -2.14. The van der Waals surface area contributed by atoms with E-state index in [0.29, 0.717) is 6.61 Å². The lowest BCUT2D eigenvalue weighted by Crippen LogP contribution is -2.01. The molecule has 0 fully saturated rings. The summed E-state index contributed by atoms with van der Waals surface area (Å²) in [5.41, 5.74) is 6.73. The zero-order chi connectivity index (χ0) is 23.4. The summed E-state index contributed by atoms with van der Waals surface area (Å²) in [7, 11) is 0. The minimum absolute atomic E-state index is 0.283. The number of rotatable bonds is 9. The highest BCUT2D eigenvalue weighted by Crippen LogP contribution is 2.31. The van der Waals surface area contributed by atoms with Crippen LogP contribution in [-0.2, 0) is 19.6 Å². The van der Waals surface area contributed by atoms with Crippen LogP contribution in [0.5, 0.6) is 5.75 Å². The van der Waals surface area contributed by atoms with Gasteiger partial charge in [-0.1, -0.05) is 55.8 Å². The van der Waals surface area contributed by atoms with Gasteiger partial charge in [0, 0.05) is 29.2 Å². The van der Waals surface area contributed by atoms with Crippen molar-refractivity contribution in [3.63, 3.8) is 0 Å². The van der Waals surface area contributed by atoms with Gasteiger partial charge in [-0.25, -0.2) is 4.79 Å². The standard InChI is InChI=1S/C29H29NO3/c1-4-7-26-25-14-15-30(18-20(2)3)27(25)12-13-28(26)33-19-21-8-5-9-22(16-21)23-10-6-11-24(17-23)29(31)32/h5-6,8-17H,2,4,7,18-19H2,1,3H3,(H,31,32). The topological polar surface area (TPSA) is 51.5 Å². The number of carboxylic acid groups (broad SMARTS) is 1. The molecule has 0 aliphatic carbocycles. The van der Waals surface area contributed by atoms with Crippen LogP contribution in [-0.4, -0.2) is 15.6 Å². The van der Waals surface area contributed by atoms with Crippen LogP contribution in [0.1, 0.15) is 41.8 Å². The smallest absolute Gasteiger partial charge is 0.335 e. The third-order valence-electron chi connectivity index (χ3n) is 5.73. The molecular formula is C29H29NO3. The fourth-order valence-electron chi connectivity index (χ4n) is 4.22. The highest BCUT2D eigenvalue weighted by molar-refractivity contribution is 5.89. The molecule has 168 valence electrons. The fourth-order valence-corrected chi connectivity index (χ4v) is 4.22. The van der Waals surface area contributed by atoms with E-state index in [1.807, 2.05) is 31.2 Å². The molecule has 1 aromatic heterocycles. The number of ether oxygens (including phenoxy) is 1. The first-order valence-electron chi connectivity index (χ1n) is 11.3. The van der Waals surface area contributed by atoms with Crippen LogP contribution in [0, 0.1) is 0 Å². The van der Waals surface area contributed by atoms with Crippen molar-refractivity contribution < 1.29 is 14.6 Å². The Morgan fingerprint density at radius 1 is 1.03 bits per heavy atom. The molecule has 0 aliphatic heterocycles. The van der Waals surface area contributed by atoms with Crippen LogP contribution in [0.25, 0.3) is 22.0 Å². The SMILES string of the molecule is C=C(C)Cn1ccc2c(CCC)c(OCc3cccc(-c4cccc(C(=O)O)c4)c3)ccc21. The van der Waals surface area contributed by atoms with Gasteiger partial charge in [-0.3, -0.25) is 0 Å². The molecule has 0 spiro atoms. The maximum absolute atomic E-state index is 11.3. The van der Waals surface area contributed by atoms with E-state index in [2.05, 4.69) is 48.5 Å². The maximum atomic E-state index is 11.3. The van der Waals surface area contributed by atoms with Crippen molar-refractivity contribution in [2.24, 2.45) is 0 Å². The highest BCUT2D eigenvalue weighted by Gasteiger charge is 2.12. The Kier molecular flexibility index (Phi) is 6.64. The van der Waals surface area contributed by atoms with Gasteiger partial charge in [0.25, 0.3) is 0 Å². The molecular weight excluding hydrogens is 410 g/mol. The Morgan fingerprint density at radius 3 is 2.52 bits per heavy atom. The molecule has 0 atom stereocenters. The van der Waals surface area contributed by atoms with Gasteiger partial charge >= 0.3 is 5.97 Å². The zero-order valence-corrected chi connectivity index (χ0v) is 19.2. The Morgan fingerprint density at radius 2 is 1.79 bits per heavy atom. The highest BCUT2D eigenvalue weighted by atomic mass is 16.5. The summed E-state index contributed by atoms with van der Waals surface area (Å²) in [6.45, 7) is 9.53. The molecule has 1 N–H and O–H groups in total. The number of hydrogen-bond donors (Lipinski definition) is 1. The summed E-state index contributed by atoms with van der Waals surface area (Å²) in [6.07, 6.45) is 4.11. The summed E-state index contributed by atoms with van der Waals surface area (Å²) in [5.74, 6) is -0.0111. The number of aromatic carboxylic acids is 1. The Bertz CT molecular complexity index is 1320. The van der Waals surface area contributed by atoms with Crippen molar-refractivity contribution in [3.05, 3.63) is 102 Å². The molecule has 3 aromatic carbocycles. The maximum Gasteiger partial charge on any atom is 0.335 e. The van der Waals surface area contributed by atoms with E-state index >= 15 is 0 Å². The molecule has 4 rings (SSSR count). The first kappa shape index (κ1) is 22.4. The van der Waals surface area contributed by atoms with Gasteiger partial charge in [0.1, 0.15) is 12.4 Å². The van der Waals surface area contributed by atoms with Crippen LogP contribution in [0.3, 0.4) is 0 Å². The number of nitrogens with zero attached hydrogens (tertiary/aromatic N) is 1. The van der Waals surface area contributed by atoms with E-state index in [-0.39, 0.29) is 5.56 Å². The van der Waals surface area contributed by atoms with Crippen molar-refractivity contribution in [2.45, 2.75) is 39.8 Å². The number of aryl methyl sites for hydroxylation is 1. The van der Waals surface area contributed by atoms with E-state index in [4.69, 9.17) is 4.74 Å². The number of aromatic nitrogens is 1. The molecule has 4 heteroatoms. The summed E-state index contributed by atoms with van der Waals surface area (Å²) in [5, 5.41) is 10.5. The van der Waals surface area contributed by atoms with Gasteiger partial charge in [-0.15, -0.1) is 0 Å². The first-order valence-corrected chi connectivity index (χ1v) is 11.3. The molecule has 0 amide bonds. The van der Waals surface area contributed by atoms with Gasteiger partial charge < -0.3 is 14.4 Å². The van der Waals surface area contributed by atoms with Crippen LogP contribution in [0.2, 0.25) is 0 Å². The number of carboxylic acids is 1. The van der Waals surface area contributed by atoms with E-state index in [0.717, 1.165) is 47.4 Å². The molecule has 4 aromatic rings. The normalized spacial score (nSPS) is 11.0. The first-order chi connectivity index (χ1) is 16.0. The predicted octanol–water partition coefficient (Wildman–Crippen LogP) is 7.11. The predicted molar refractivity (Wildman–Crippen MR) is 134 cm³/mol. The number of benzene rings is 3. The van der Waals surface area contributed by atoms with Crippen LogP contribution >= 0.6 is 0 Å². The van der Waals surface area contributed by atoms with Crippen molar-refractivity contribution >= 4 is 16.9 Å². The summed E-state index contributed by atoms with van der Waals surface area (Å²) in [4.78, 5) is 11.3. The fraction of sp³-hybridized carbons (Fsp3) is 0.207. The summed E-state index contributed by atoms with van der Waals surface area (Å²) in [6, 6.07) is 21.4. The van der Waals surface area contributed by atoms with Gasteiger partial charge in [-0.05, 0) is 66.4 Å². The van der Waals surface area contributed by atoms with Gasteiger partial charge in [0.05, 0.1) is 5.56 Å². The summed E-state index contributed by atoms with van der Waals surface area (Å²) >= 11 is 0. The van der Waals surface area contributed by atoms with Gasteiger partial charge in [-0.2, -0.15) is 0 Å². The molecule has 0 saturated carbocycles. The number of carbonyl (C=O) groups is 1. The number of hydrogen-bond acceptors (Lipinski definition) is 2. The van der Waals surface area contributed by atoms with E-state index in [1.54, 1.807) is 18.2 Å². The molecule has 0 bridgehead atoms. The molecule has 0 radical (unpaired) electrons. The lowest BCUT2D eigenvalue weighted by atomic mass is 10.0. The minimum Gasteiger partial charge on any atom is -0.489 e. The average molecular weight is 440 g/mol. The van der Waals surface area contributed by atoms with Crippen LogP contribution in [0.4, 0.5) is 0 Å². The minimum atomic E-state index is -0.924. The Labute approximate surface area is 194 Å². The number of allylic oxidation sites excluding steroid dienone is 1. The molecule has 0 unspecified atom stereocenters. The Balaban J connectivity index is 1.59. The molecule has 33 heavy (non-hydrogen) atoms. The molecule has 1 heterocycles. The zero-order valence-electron chi connectivity index (χ0n) is 19.2. The quantitative estimate of drug-likeness (QED) is 0.283. The molecule has 0 saturated heterocycles. The second-order valence-corrected chi connectivity index (χ2v) is 8.50. The average Bonchev–Trinajstić information content (AvgIpc) is 3.21. The third-order valence-corrected chi connectivity index (χ3v) is 5.73. The Hall–Kier alpha value is -3.79. The van der Waals surface area contributed by atoms with E-state index in [1.165, 1.54) is 16.5 Å². The van der Waals surface area contributed by atoms with Crippen molar-refractivity contribution in [1.82, 2.24) is 4.57 Å². The molecule has 0 aliphatic rings. The van der Waals surface area contributed by atoms with Gasteiger partial charge in [0.2, 0.25) is 0 Å². The van der Waals surface area contributed by atoms with Crippen molar-refractivity contribution in [2.75, 3.05) is 0 Å². The second kappa shape index (κ2) is 9.78. The largest absolute Gasteiger partial charge is 0.489 e. The number of fused-ring (bicyclic) bond motifs is 1. The van der Waals surface area contributed by atoms with Crippen LogP contribution < -0.4 is 4.74 Å². The summed E-state index contributed by atoms with van der Waals surface area (Å²) < 4.78 is 8.54. The van der Waals surface area contributed by atoms with E-state index < -0.39 is 5.97 Å². The monoisotopic (exact) mass is 439 g/mol.